The molecule has 0 saturated carbocycles. The molecule has 3 nitrogen and oxygen atoms in total. The first-order chi connectivity index (χ1) is 23.3. The molecule has 3 heteroatoms. The molecule has 1 aromatic heterocycles. The molecule has 1 aliphatic rings. The SMILES string of the molecule is c1ccc(-c2ccc(-c3cc(-c4cccc(-c5ccc6c(c5)Oc5cccc7cccc-6c57)c4)nc(-c4ccccc4)n3)cc2)cc1. The van der Waals surface area contributed by atoms with E-state index >= 15 is 0 Å². The van der Waals surface area contributed by atoms with Gasteiger partial charge in [0.15, 0.2) is 5.82 Å². The summed E-state index contributed by atoms with van der Waals surface area (Å²) in [4.78, 5) is 10.1. The third-order valence-corrected chi connectivity index (χ3v) is 8.90. The molecular formula is C44H28N2O. The first-order valence-electron chi connectivity index (χ1n) is 15.8. The van der Waals surface area contributed by atoms with Gasteiger partial charge in [0.2, 0.25) is 0 Å². The second kappa shape index (κ2) is 11.2. The second-order valence-corrected chi connectivity index (χ2v) is 11.8. The van der Waals surface area contributed by atoms with Crippen LogP contribution in [0.15, 0.2) is 170 Å². The summed E-state index contributed by atoms with van der Waals surface area (Å²) in [5.74, 6) is 2.47. The van der Waals surface area contributed by atoms with E-state index in [1.54, 1.807) is 0 Å². The predicted octanol–water partition coefficient (Wildman–Crippen LogP) is 11.7. The molecule has 0 radical (unpaired) electrons. The molecule has 0 amide bonds. The highest BCUT2D eigenvalue weighted by Gasteiger charge is 2.20. The number of nitrogens with zero attached hydrogens (tertiary/aromatic N) is 2. The number of rotatable bonds is 5. The van der Waals surface area contributed by atoms with Gasteiger partial charge in [-0.25, -0.2) is 9.97 Å². The molecule has 220 valence electrons. The lowest BCUT2D eigenvalue weighted by Crippen LogP contribution is -1.97. The second-order valence-electron chi connectivity index (χ2n) is 11.8. The Labute approximate surface area is 273 Å². The quantitative estimate of drug-likeness (QED) is 0.197. The summed E-state index contributed by atoms with van der Waals surface area (Å²) >= 11 is 0. The van der Waals surface area contributed by atoms with E-state index in [9.17, 15) is 0 Å². The minimum atomic E-state index is 0.700. The van der Waals surface area contributed by atoms with Gasteiger partial charge in [0, 0.05) is 27.6 Å². The summed E-state index contributed by atoms with van der Waals surface area (Å²) < 4.78 is 6.47. The van der Waals surface area contributed by atoms with Crippen LogP contribution in [0.25, 0.3) is 78.1 Å². The van der Waals surface area contributed by atoms with Crippen molar-refractivity contribution in [3.63, 3.8) is 0 Å². The molecule has 0 aliphatic carbocycles. The van der Waals surface area contributed by atoms with Crippen molar-refractivity contribution in [2.75, 3.05) is 0 Å². The molecule has 0 fully saturated rings. The molecule has 0 saturated heterocycles. The molecule has 47 heavy (non-hydrogen) atoms. The molecule has 2 heterocycles. The van der Waals surface area contributed by atoms with Gasteiger partial charge in [0.05, 0.1) is 11.4 Å². The van der Waals surface area contributed by atoms with E-state index in [4.69, 9.17) is 14.7 Å². The summed E-state index contributed by atoms with van der Waals surface area (Å²) in [6, 6.07) is 59.1. The highest BCUT2D eigenvalue weighted by atomic mass is 16.5. The number of benzene rings is 7. The zero-order chi connectivity index (χ0) is 31.2. The van der Waals surface area contributed by atoms with E-state index in [-0.39, 0.29) is 0 Å². The van der Waals surface area contributed by atoms with Crippen molar-refractivity contribution in [1.29, 1.82) is 0 Å². The van der Waals surface area contributed by atoms with Crippen LogP contribution in [0, 0.1) is 0 Å². The molecule has 1 aliphatic heterocycles. The van der Waals surface area contributed by atoms with Crippen molar-refractivity contribution in [3.05, 3.63) is 170 Å². The average molecular weight is 601 g/mol. The molecule has 8 aromatic rings. The first kappa shape index (κ1) is 27.0. The van der Waals surface area contributed by atoms with E-state index < -0.39 is 0 Å². The molecule has 0 unspecified atom stereocenters. The van der Waals surface area contributed by atoms with Crippen LogP contribution in [0.1, 0.15) is 0 Å². The number of aromatic nitrogens is 2. The number of hydrogen-bond donors (Lipinski definition) is 0. The van der Waals surface area contributed by atoms with Crippen LogP contribution in [-0.4, -0.2) is 9.97 Å². The fraction of sp³-hybridized carbons (Fsp3) is 0. The largest absolute Gasteiger partial charge is 0.456 e. The lowest BCUT2D eigenvalue weighted by Gasteiger charge is -2.22. The van der Waals surface area contributed by atoms with Crippen LogP contribution in [-0.2, 0) is 0 Å². The van der Waals surface area contributed by atoms with Gasteiger partial charge in [0.1, 0.15) is 11.5 Å². The predicted molar refractivity (Wildman–Crippen MR) is 192 cm³/mol. The lowest BCUT2D eigenvalue weighted by molar-refractivity contribution is 0.487. The first-order valence-corrected chi connectivity index (χ1v) is 15.8. The van der Waals surface area contributed by atoms with Crippen molar-refractivity contribution >= 4 is 10.8 Å². The fourth-order valence-corrected chi connectivity index (χ4v) is 6.52. The number of hydrogen-bond acceptors (Lipinski definition) is 3. The number of ether oxygens (including phenoxy) is 1. The lowest BCUT2D eigenvalue weighted by atomic mass is 9.92. The monoisotopic (exact) mass is 600 g/mol. The Balaban J connectivity index is 1.11. The topological polar surface area (TPSA) is 35.0 Å². The van der Waals surface area contributed by atoms with Crippen LogP contribution in [0.3, 0.4) is 0 Å². The van der Waals surface area contributed by atoms with Gasteiger partial charge in [-0.3, -0.25) is 0 Å². The molecule has 0 spiro atoms. The summed E-state index contributed by atoms with van der Waals surface area (Å²) in [5.41, 5.74) is 11.7. The maximum absolute atomic E-state index is 6.47. The summed E-state index contributed by atoms with van der Waals surface area (Å²) in [5, 5.41) is 2.36. The summed E-state index contributed by atoms with van der Waals surface area (Å²) in [6.45, 7) is 0. The zero-order valence-corrected chi connectivity index (χ0v) is 25.5. The van der Waals surface area contributed by atoms with Gasteiger partial charge in [-0.1, -0.05) is 140 Å². The zero-order valence-electron chi connectivity index (χ0n) is 25.5. The van der Waals surface area contributed by atoms with Crippen molar-refractivity contribution in [2.24, 2.45) is 0 Å². The Morgan fingerprint density at radius 3 is 1.70 bits per heavy atom. The van der Waals surface area contributed by atoms with Gasteiger partial charge in [-0.05, 0) is 63.5 Å². The molecule has 7 aromatic carbocycles. The Bertz CT molecular complexity index is 2410. The third kappa shape index (κ3) is 4.95. The smallest absolute Gasteiger partial charge is 0.160 e. The minimum absolute atomic E-state index is 0.700. The van der Waals surface area contributed by atoms with Gasteiger partial charge in [-0.15, -0.1) is 0 Å². The van der Waals surface area contributed by atoms with Crippen molar-refractivity contribution < 1.29 is 4.74 Å². The van der Waals surface area contributed by atoms with Gasteiger partial charge >= 0.3 is 0 Å². The molecule has 0 N–H and O–H groups in total. The molecule has 0 atom stereocenters. The third-order valence-electron chi connectivity index (χ3n) is 8.90. The minimum Gasteiger partial charge on any atom is -0.456 e. The van der Waals surface area contributed by atoms with Gasteiger partial charge in [0.25, 0.3) is 0 Å². The van der Waals surface area contributed by atoms with Crippen molar-refractivity contribution in [3.8, 4) is 78.8 Å². The Morgan fingerprint density at radius 1 is 0.340 bits per heavy atom. The van der Waals surface area contributed by atoms with Crippen LogP contribution in [0.4, 0.5) is 0 Å². The van der Waals surface area contributed by atoms with Gasteiger partial charge < -0.3 is 4.74 Å². The summed E-state index contributed by atoms with van der Waals surface area (Å²) in [6.07, 6.45) is 0. The van der Waals surface area contributed by atoms with Crippen LogP contribution < -0.4 is 4.74 Å². The molecular weight excluding hydrogens is 572 g/mol. The van der Waals surface area contributed by atoms with Crippen LogP contribution in [0.5, 0.6) is 11.5 Å². The van der Waals surface area contributed by atoms with Crippen molar-refractivity contribution in [1.82, 2.24) is 9.97 Å². The highest BCUT2D eigenvalue weighted by molar-refractivity contribution is 6.04. The summed E-state index contributed by atoms with van der Waals surface area (Å²) in [7, 11) is 0. The Morgan fingerprint density at radius 2 is 0.915 bits per heavy atom. The maximum atomic E-state index is 6.47. The van der Waals surface area contributed by atoms with Crippen LogP contribution >= 0.6 is 0 Å². The van der Waals surface area contributed by atoms with E-state index in [1.807, 2.05) is 30.3 Å². The van der Waals surface area contributed by atoms with E-state index in [1.165, 1.54) is 27.5 Å². The molecule has 0 bridgehead atoms. The maximum Gasteiger partial charge on any atom is 0.160 e. The standard InChI is InChI=1S/C44H28N2O/c1-3-10-29(11-4-1)30-20-22-31(23-21-30)39-28-40(46-44(45-39)33-12-5-2-6-13-33)36-17-7-16-34(26-36)35-24-25-37-38-18-8-14-32-15-9-19-41(43(32)38)47-42(37)27-35/h1-28H. The van der Waals surface area contributed by atoms with Crippen molar-refractivity contribution in [2.45, 2.75) is 0 Å². The average Bonchev–Trinajstić information content (AvgIpc) is 3.15. The fourth-order valence-electron chi connectivity index (χ4n) is 6.52. The van der Waals surface area contributed by atoms with E-state index in [0.29, 0.717) is 5.82 Å². The number of fused-ring (bicyclic) bond motifs is 2. The van der Waals surface area contributed by atoms with Crippen LogP contribution in [0.2, 0.25) is 0 Å². The van der Waals surface area contributed by atoms with E-state index in [0.717, 1.165) is 56.3 Å². The molecule has 9 rings (SSSR count). The van der Waals surface area contributed by atoms with Gasteiger partial charge in [-0.2, -0.15) is 0 Å². The Kier molecular flexibility index (Phi) is 6.46. The normalized spacial score (nSPS) is 11.6. The Hall–Kier alpha value is -6.32. The van der Waals surface area contributed by atoms with E-state index in [2.05, 4.69) is 140 Å². The highest BCUT2D eigenvalue weighted by Crippen LogP contribution is 2.47.